The largest absolute Gasteiger partial charge is 0.488 e. The molecule has 1 N–H and O–H groups in total. The van der Waals surface area contributed by atoms with Crippen LogP contribution in [0.15, 0.2) is 61.2 Å². The molecule has 29 heavy (non-hydrogen) atoms. The molecule has 7 nitrogen and oxygen atoms in total. The van der Waals surface area contributed by atoms with E-state index in [0.717, 1.165) is 30.0 Å². The Balaban J connectivity index is 0.000000687. The monoisotopic (exact) mass is 457 g/mol. The summed E-state index contributed by atoms with van der Waals surface area (Å²) >= 11 is 18.3. The molecular formula is C19H18Cl3N3O4. The lowest BCUT2D eigenvalue weighted by molar-refractivity contribution is -0.742. The van der Waals surface area contributed by atoms with Crippen molar-refractivity contribution >= 4 is 34.8 Å². The minimum atomic E-state index is -1.50. The lowest BCUT2D eigenvalue weighted by Gasteiger charge is -2.21. The van der Waals surface area contributed by atoms with Gasteiger partial charge in [0.05, 0.1) is 11.3 Å². The fraction of sp³-hybridized carbons (Fsp3) is 0.211. The zero-order chi connectivity index (χ0) is 21.2. The maximum absolute atomic E-state index is 8.36. The average molecular weight is 459 g/mol. The normalized spacial score (nSPS) is 11.3. The molecule has 0 aliphatic heterocycles. The first kappa shape index (κ1) is 22.8. The van der Waals surface area contributed by atoms with Crippen LogP contribution in [0.5, 0.6) is 5.75 Å². The van der Waals surface area contributed by atoms with Crippen molar-refractivity contribution in [1.29, 1.82) is 0 Å². The molecule has 0 aliphatic rings. The summed E-state index contributed by atoms with van der Waals surface area (Å²) in [6.45, 7) is 0.802. The molecule has 2 aromatic carbocycles. The first-order chi connectivity index (χ1) is 13.8. The van der Waals surface area contributed by atoms with E-state index in [0.29, 0.717) is 15.8 Å². The van der Waals surface area contributed by atoms with Gasteiger partial charge in [0.2, 0.25) is 0 Å². The topological polar surface area (TPSA) is 90.4 Å². The Morgan fingerprint density at radius 2 is 1.86 bits per heavy atom. The number of hydrogen-bond donors (Lipinski definition) is 1. The molecule has 1 atom stereocenters. The van der Waals surface area contributed by atoms with Crippen molar-refractivity contribution in [3.8, 4) is 5.75 Å². The highest BCUT2D eigenvalue weighted by atomic mass is 35.5. The van der Waals surface area contributed by atoms with Crippen LogP contribution in [0.3, 0.4) is 0 Å². The van der Waals surface area contributed by atoms with Gasteiger partial charge < -0.3 is 14.5 Å². The first-order valence-electron chi connectivity index (χ1n) is 8.49. The summed E-state index contributed by atoms with van der Waals surface area (Å²) in [5.41, 5.74) is 1.15. The Bertz CT molecular complexity index is 902. The van der Waals surface area contributed by atoms with Gasteiger partial charge in [-0.2, -0.15) is 0 Å². The summed E-state index contributed by atoms with van der Waals surface area (Å²) in [5.74, 6) is 0.596. The average Bonchev–Trinajstić information content (AvgIpc) is 3.18. The molecule has 0 saturated carbocycles. The van der Waals surface area contributed by atoms with Crippen molar-refractivity contribution < 1.29 is 15.0 Å². The van der Waals surface area contributed by atoms with Crippen molar-refractivity contribution in [2.45, 2.75) is 25.5 Å². The van der Waals surface area contributed by atoms with E-state index in [1.165, 1.54) is 0 Å². The van der Waals surface area contributed by atoms with Crippen molar-refractivity contribution in [1.82, 2.24) is 9.55 Å². The zero-order valence-corrected chi connectivity index (χ0v) is 17.4. The lowest BCUT2D eigenvalue weighted by Crippen LogP contribution is -2.22. The minimum Gasteiger partial charge on any atom is -0.488 e. The van der Waals surface area contributed by atoms with E-state index in [4.69, 9.17) is 54.9 Å². The first-order valence-corrected chi connectivity index (χ1v) is 9.62. The van der Waals surface area contributed by atoms with Crippen LogP contribution in [0.4, 0.5) is 0 Å². The highest BCUT2D eigenvalue weighted by Gasteiger charge is 2.15. The predicted octanol–water partition coefficient (Wildman–Crippen LogP) is 5.58. The molecule has 1 heterocycles. The summed E-state index contributed by atoms with van der Waals surface area (Å²) in [6.07, 6.45) is 7.00. The van der Waals surface area contributed by atoms with E-state index < -0.39 is 5.09 Å². The minimum absolute atomic E-state index is 0.0560. The fourth-order valence-electron chi connectivity index (χ4n) is 2.55. The predicted molar refractivity (Wildman–Crippen MR) is 112 cm³/mol. The molecule has 0 fully saturated rings. The van der Waals surface area contributed by atoms with Gasteiger partial charge in [0.15, 0.2) is 0 Å². The summed E-state index contributed by atoms with van der Waals surface area (Å²) in [4.78, 5) is 12.4. The second-order valence-electron chi connectivity index (χ2n) is 5.95. The zero-order valence-electron chi connectivity index (χ0n) is 15.1. The number of halogens is 3. The van der Waals surface area contributed by atoms with Gasteiger partial charge >= 0.3 is 0 Å². The van der Waals surface area contributed by atoms with Gasteiger partial charge in [0, 0.05) is 36.8 Å². The standard InChI is InChI=1S/C19H17Cl3N2O.HNO3/c20-15-6-4-14(5-7-15)12-16(8-10-24-11-9-23-13-24)25-18-3-1-2-17(21)19(18)22;2-1(3)4/h1-7,9,11,13,16H,8,10,12H2;(H,2,3,4). The van der Waals surface area contributed by atoms with Gasteiger partial charge in [-0.15, -0.1) is 10.1 Å². The molecule has 154 valence electrons. The number of imidazole rings is 1. The molecule has 3 aromatic rings. The van der Waals surface area contributed by atoms with Gasteiger partial charge in [-0.05, 0) is 29.8 Å². The van der Waals surface area contributed by atoms with Crippen molar-refractivity contribution in [2.24, 2.45) is 0 Å². The Kier molecular flexibility index (Phi) is 9.05. The number of nitrogens with zero attached hydrogens (tertiary/aromatic N) is 3. The van der Waals surface area contributed by atoms with Gasteiger partial charge in [0.25, 0.3) is 5.09 Å². The Morgan fingerprint density at radius 3 is 2.48 bits per heavy atom. The molecule has 0 radical (unpaired) electrons. The number of aryl methyl sites for hydroxylation is 1. The van der Waals surface area contributed by atoms with Crippen molar-refractivity contribution in [3.63, 3.8) is 0 Å². The van der Waals surface area contributed by atoms with Crippen LogP contribution in [0.2, 0.25) is 15.1 Å². The maximum atomic E-state index is 8.36. The highest BCUT2D eigenvalue weighted by molar-refractivity contribution is 6.42. The molecule has 0 aliphatic carbocycles. The number of benzene rings is 2. The van der Waals surface area contributed by atoms with E-state index in [-0.39, 0.29) is 6.10 Å². The molecular weight excluding hydrogens is 441 g/mol. The molecule has 3 rings (SSSR count). The van der Waals surface area contributed by atoms with Crippen LogP contribution in [-0.4, -0.2) is 25.9 Å². The van der Waals surface area contributed by atoms with Crippen LogP contribution in [0.25, 0.3) is 0 Å². The van der Waals surface area contributed by atoms with E-state index in [9.17, 15) is 0 Å². The van der Waals surface area contributed by atoms with Crippen LogP contribution < -0.4 is 4.74 Å². The van der Waals surface area contributed by atoms with E-state index in [1.54, 1.807) is 18.6 Å². The molecule has 0 bridgehead atoms. The van der Waals surface area contributed by atoms with Gasteiger partial charge in [-0.25, -0.2) is 4.98 Å². The molecule has 0 spiro atoms. The van der Waals surface area contributed by atoms with Crippen LogP contribution in [0.1, 0.15) is 12.0 Å². The van der Waals surface area contributed by atoms with Gasteiger partial charge in [0.1, 0.15) is 16.9 Å². The van der Waals surface area contributed by atoms with Crippen LogP contribution >= 0.6 is 34.8 Å². The Morgan fingerprint density at radius 1 is 1.17 bits per heavy atom. The molecule has 0 amide bonds. The summed E-state index contributed by atoms with van der Waals surface area (Å²) < 4.78 is 8.20. The molecule has 1 aromatic heterocycles. The summed E-state index contributed by atoms with van der Waals surface area (Å²) in [6, 6.07) is 13.2. The van der Waals surface area contributed by atoms with E-state index in [2.05, 4.69) is 4.98 Å². The molecule has 10 heteroatoms. The highest BCUT2D eigenvalue weighted by Crippen LogP contribution is 2.33. The van der Waals surface area contributed by atoms with Gasteiger partial charge in [-0.1, -0.05) is 53.0 Å². The van der Waals surface area contributed by atoms with Crippen molar-refractivity contribution in [2.75, 3.05) is 0 Å². The SMILES string of the molecule is Clc1ccc(CC(CCn2ccnc2)Oc2cccc(Cl)c2Cl)cc1.O=[N+]([O-])O. The number of aromatic nitrogens is 2. The second kappa shape index (κ2) is 11.5. The molecule has 1 unspecified atom stereocenters. The quantitative estimate of drug-likeness (QED) is 0.369. The second-order valence-corrected chi connectivity index (χ2v) is 7.17. The Hall–Kier alpha value is -2.48. The Labute approximate surface area is 182 Å². The number of hydrogen-bond acceptors (Lipinski definition) is 4. The third-order valence-electron chi connectivity index (χ3n) is 3.85. The number of ether oxygens (including phenoxy) is 1. The fourth-order valence-corrected chi connectivity index (χ4v) is 3.02. The maximum Gasteiger partial charge on any atom is 0.291 e. The lowest BCUT2D eigenvalue weighted by atomic mass is 10.1. The van der Waals surface area contributed by atoms with Crippen molar-refractivity contribution in [3.05, 3.63) is 91.9 Å². The number of rotatable bonds is 7. The van der Waals surface area contributed by atoms with Crippen LogP contribution in [0, 0.1) is 10.1 Å². The van der Waals surface area contributed by atoms with Gasteiger partial charge in [-0.3, -0.25) is 0 Å². The summed E-state index contributed by atoms with van der Waals surface area (Å²) in [7, 11) is 0. The molecule has 0 saturated heterocycles. The third-order valence-corrected chi connectivity index (χ3v) is 4.91. The smallest absolute Gasteiger partial charge is 0.291 e. The van der Waals surface area contributed by atoms with Crippen LogP contribution in [-0.2, 0) is 13.0 Å². The third kappa shape index (κ3) is 8.19. The van der Waals surface area contributed by atoms with E-state index in [1.807, 2.05) is 47.2 Å². The van der Waals surface area contributed by atoms with E-state index >= 15 is 0 Å². The summed E-state index contributed by atoms with van der Waals surface area (Å²) in [5, 5.41) is 15.3.